The van der Waals surface area contributed by atoms with Crippen LogP contribution in [0.2, 0.25) is 0 Å². The smallest absolute Gasteiger partial charge is 0.310 e. The third-order valence-corrected chi connectivity index (χ3v) is 3.72. The van der Waals surface area contributed by atoms with E-state index in [9.17, 15) is 4.79 Å². The third kappa shape index (κ3) is 1.26. The molecule has 1 N–H and O–H groups in total. The number of hydrogen-bond donors (Lipinski definition) is 1. The van der Waals surface area contributed by atoms with Crippen molar-refractivity contribution in [2.24, 2.45) is 17.8 Å². The van der Waals surface area contributed by atoms with E-state index in [4.69, 9.17) is 4.74 Å². The highest BCUT2D eigenvalue weighted by atomic mass is 16.5. The van der Waals surface area contributed by atoms with E-state index in [1.807, 2.05) is 7.05 Å². The van der Waals surface area contributed by atoms with E-state index in [1.165, 1.54) is 26.4 Å². The summed E-state index contributed by atoms with van der Waals surface area (Å²) in [6.45, 7) is 0. The number of fused-ring (bicyclic) bond motifs is 2. The molecule has 0 aromatic rings. The maximum Gasteiger partial charge on any atom is 0.310 e. The van der Waals surface area contributed by atoms with E-state index in [-0.39, 0.29) is 11.9 Å². The fraction of sp³-hybridized carbons (Fsp3) is 0.900. The Morgan fingerprint density at radius 2 is 2.08 bits per heavy atom. The lowest BCUT2D eigenvalue weighted by atomic mass is 9.84. The van der Waals surface area contributed by atoms with Gasteiger partial charge in [-0.05, 0) is 38.1 Å². The Balaban J connectivity index is 2.13. The number of esters is 1. The van der Waals surface area contributed by atoms with Crippen molar-refractivity contribution in [2.45, 2.75) is 25.3 Å². The van der Waals surface area contributed by atoms with Gasteiger partial charge in [-0.25, -0.2) is 0 Å². The number of methoxy groups -OCH3 is 1. The molecule has 2 rings (SSSR count). The van der Waals surface area contributed by atoms with E-state index in [0.717, 1.165) is 0 Å². The Bertz CT molecular complexity index is 217. The van der Waals surface area contributed by atoms with Gasteiger partial charge in [0.05, 0.1) is 13.0 Å². The van der Waals surface area contributed by atoms with E-state index in [0.29, 0.717) is 17.9 Å². The second kappa shape index (κ2) is 3.29. The van der Waals surface area contributed by atoms with Crippen molar-refractivity contribution in [1.29, 1.82) is 0 Å². The first-order valence-electron chi connectivity index (χ1n) is 5.03. The van der Waals surface area contributed by atoms with Crippen LogP contribution in [0.3, 0.4) is 0 Å². The van der Waals surface area contributed by atoms with E-state index >= 15 is 0 Å². The van der Waals surface area contributed by atoms with Crippen LogP contribution in [0.1, 0.15) is 19.3 Å². The fourth-order valence-electron chi connectivity index (χ4n) is 3.18. The maximum absolute atomic E-state index is 11.5. The van der Waals surface area contributed by atoms with Gasteiger partial charge in [0.25, 0.3) is 0 Å². The van der Waals surface area contributed by atoms with Crippen LogP contribution in [0.5, 0.6) is 0 Å². The highest BCUT2D eigenvalue weighted by Gasteiger charge is 2.50. The molecule has 74 valence electrons. The summed E-state index contributed by atoms with van der Waals surface area (Å²) in [5.74, 6) is 1.38. The van der Waals surface area contributed by atoms with Crippen LogP contribution in [-0.4, -0.2) is 26.2 Å². The van der Waals surface area contributed by atoms with Crippen LogP contribution in [-0.2, 0) is 9.53 Å². The predicted octanol–water partition coefficient (Wildman–Crippen LogP) is 0.793. The first-order chi connectivity index (χ1) is 6.27. The van der Waals surface area contributed by atoms with Gasteiger partial charge >= 0.3 is 5.97 Å². The van der Waals surface area contributed by atoms with Crippen molar-refractivity contribution in [1.82, 2.24) is 5.32 Å². The summed E-state index contributed by atoms with van der Waals surface area (Å²) in [7, 11) is 3.43. The summed E-state index contributed by atoms with van der Waals surface area (Å²) in [6, 6.07) is 0.367. The minimum absolute atomic E-state index is 0.0217. The van der Waals surface area contributed by atoms with E-state index < -0.39 is 0 Å². The number of ether oxygens (including phenoxy) is 1. The Labute approximate surface area is 78.8 Å². The summed E-state index contributed by atoms with van der Waals surface area (Å²) in [5.41, 5.74) is 0. The molecule has 0 aromatic carbocycles. The number of nitrogens with one attached hydrogen (secondary N) is 1. The van der Waals surface area contributed by atoms with E-state index in [2.05, 4.69) is 5.32 Å². The number of hydrogen-bond acceptors (Lipinski definition) is 3. The summed E-state index contributed by atoms with van der Waals surface area (Å²) < 4.78 is 4.84. The van der Waals surface area contributed by atoms with Gasteiger partial charge in [-0.1, -0.05) is 0 Å². The molecule has 0 saturated heterocycles. The highest BCUT2D eigenvalue weighted by molar-refractivity contribution is 5.74. The molecule has 2 fully saturated rings. The topological polar surface area (TPSA) is 38.3 Å². The SMILES string of the molecule is CNC1C2CCC(C2)C1C(=O)OC. The Morgan fingerprint density at radius 3 is 2.69 bits per heavy atom. The van der Waals surface area contributed by atoms with Gasteiger partial charge in [0, 0.05) is 6.04 Å². The lowest BCUT2D eigenvalue weighted by Crippen LogP contribution is -2.42. The second-order valence-electron chi connectivity index (χ2n) is 4.20. The third-order valence-electron chi connectivity index (χ3n) is 3.72. The Morgan fingerprint density at radius 1 is 1.38 bits per heavy atom. The van der Waals surface area contributed by atoms with Crippen molar-refractivity contribution in [3.8, 4) is 0 Å². The molecule has 13 heavy (non-hydrogen) atoms. The van der Waals surface area contributed by atoms with Crippen molar-refractivity contribution in [3.63, 3.8) is 0 Å². The molecule has 2 saturated carbocycles. The molecule has 0 aromatic heterocycles. The van der Waals surface area contributed by atoms with Crippen LogP contribution < -0.4 is 5.32 Å². The minimum atomic E-state index is -0.0217. The van der Waals surface area contributed by atoms with Crippen molar-refractivity contribution in [2.75, 3.05) is 14.2 Å². The molecule has 0 radical (unpaired) electrons. The zero-order valence-corrected chi connectivity index (χ0v) is 8.25. The average Bonchev–Trinajstić information content (AvgIpc) is 2.74. The molecule has 0 spiro atoms. The summed E-state index contributed by atoms with van der Waals surface area (Å²) in [4.78, 5) is 11.5. The van der Waals surface area contributed by atoms with Crippen LogP contribution in [0.25, 0.3) is 0 Å². The molecule has 2 aliphatic rings. The molecule has 0 aliphatic heterocycles. The molecule has 0 heterocycles. The van der Waals surface area contributed by atoms with Crippen molar-refractivity contribution in [3.05, 3.63) is 0 Å². The minimum Gasteiger partial charge on any atom is -0.469 e. The average molecular weight is 183 g/mol. The zero-order valence-electron chi connectivity index (χ0n) is 8.25. The fourth-order valence-corrected chi connectivity index (χ4v) is 3.18. The zero-order chi connectivity index (χ0) is 9.42. The second-order valence-corrected chi connectivity index (χ2v) is 4.20. The monoisotopic (exact) mass is 183 g/mol. The van der Waals surface area contributed by atoms with Crippen LogP contribution in [0, 0.1) is 17.8 Å². The van der Waals surface area contributed by atoms with Gasteiger partial charge in [0.15, 0.2) is 0 Å². The Kier molecular flexibility index (Phi) is 2.28. The molecule has 0 amide bonds. The van der Waals surface area contributed by atoms with Crippen LogP contribution in [0.15, 0.2) is 0 Å². The molecule has 4 atom stereocenters. The molecule has 2 aliphatic carbocycles. The van der Waals surface area contributed by atoms with Crippen LogP contribution >= 0.6 is 0 Å². The number of carbonyl (C=O) groups excluding carboxylic acids is 1. The summed E-state index contributed by atoms with van der Waals surface area (Å²) in [6.07, 6.45) is 3.71. The van der Waals surface area contributed by atoms with Gasteiger partial charge in [-0.15, -0.1) is 0 Å². The highest BCUT2D eigenvalue weighted by Crippen LogP contribution is 2.48. The first kappa shape index (κ1) is 9.00. The molecular weight excluding hydrogens is 166 g/mol. The normalized spacial score (nSPS) is 42.3. The van der Waals surface area contributed by atoms with E-state index in [1.54, 1.807) is 0 Å². The predicted molar refractivity (Wildman–Crippen MR) is 49.2 cm³/mol. The van der Waals surface area contributed by atoms with Gasteiger partial charge in [-0.3, -0.25) is 4.79 Å². The molecule has 3 nitrogen and oxygen atoms in total. The molecule has 3 heteroatoms. The van der Waals surface area contributed by atoms with Crippen molar-refractivity contribution < 1.29 is 9.53 Å². The largest absolute Gasteiger partial charge is 0.469 e. The van der Waals surface area contributed by atoms with Gasteiger partial charge < -0.3 is 10.1 Å². The van der Waals surface area contributed by atoms with Gasteiger partial charge in [0.1, 0.15) is 0 Å². The molecule has 2 bridgehead atoms. The standard InChI is InChI=1S/C10H17NO2/c1-11-9-7-4-3-6(5-7)8(9)10(12)13-2/h6-9,11H,3-5H2,1-2H3. The van der Waals surface area contributed by atoms with Gasteiger partial charge in [0.2, 0.25) is 0 Å². The first-order valence-corrected chi connectivity index (χ1v) is 5.03. The number of carbonyl (C=O) groups is 1. The van der Waals surface area contributed by atoms with Crippen molar-refractivity contribution >= 4 is 5.97 Å². The summed E-state index contributed by atoms with van der Waals surface area (Å²) >= 11 is 0. The lowest BCUT2D eigenvalue weighted by Gasteiger charge is -2.28. The van der Waals surface area contributed by atoms with Crippen LogP contribution in [0.4, 0.5) is 0 Å². The maximum atomic E-state index is 11.5. The quantitative estimate of drug-likeness (QED) is 0.643. The number of rotatable bonds is 2. The lowest BCUT2D eigenvalue weighted by molar-refractivity contribution is -0.148. The summed E-state index contributed by atoms with van der Waals surface area (Å²) in [5, 5.41) is 3.26. The van der Waals surface area contributed by atoms with Gasteiger partial charge in [-0.2, -0.15) is 0 Å². The Hall–Kier alpha value is -0.570. The molecule has 4 unspecified atom stereocenters. The molecular formula is C10H17NO2.